The fourth-order valence-corrected chi connectivity index (χ4v) is 3.06. The first kappa shape index (κ1) is 16.1. The molecule has 114 valence electrons. The van der Waals surface area contributed by atoms with Gasteiger partial charge in [0.05, 0.1) is 11.2 Å². The third-order valence-corrected chi connectivity index (χ3v) is 3.76. The van der Waals surface area contributed by atoms with Crippen LogP contribution < -0.4 is 5.32 Å². The van der Waals surface area contributed by atoms with E-state index in [2.05, 4.69) is 44.1 Å². The number of benzene rings is 1. The Morgan fingerprint density at radius 3 is 2.38 bits per heavy atom. The predicted octanol–water partition coefficient (Wildman–Crippen LogP) is 5.76. The van der Waals surface area contributed by atoms with Crippen LogP contribution in [-0.2, 0) is 0 Å². The van der Waals surface area contributed by atoms with Crippen molar-refractivity contribution in [2.45, 2.75) is 46.6 Å². The number of hydrogen-bond acceptors (Lipinski definition) is 2. The Bertz CT molecular complexity index is 583. The molecule has 21 heavy (non-hydrogen) atoms. The van der Waals surface area contributed by atoms with Crippen molar-refractivity contribution < 1.29 is 0 Å². The second kappa shape index (κ2) is 7.13. The topological polar surface area (TPSA) is 24.9 Å². The second-order valence-electron chi connectivity index (χ2n) is 6.63. The molecule has 2 aromatic rings. The molecule has 2 rings (SSSR count). The number of halogens is 1. The fraction of sp³-hybridized carbons (Fsp3) is 0.500. The van der Waals surface area contributed by atoms with Crippen LogP contribution in [0.25, 0.3) is 10.9 Å². The van der Waals surface area contributed by atoms with E-state index in [1.54, 1.807) is 0 Å². The molecule has 0 fully saturated rings. The van der Waals surface area contributed by atoms with Crippen LogP contribution in [0.2, 0.25) is 5.02 Å². The molecule has 0 atom stereocenters. The molecule has 0 radical (unpaired) electrons. The van der Waals surface area contributed by atoms with Crippen LogP contribution in [0.4, 0.5) is 5.69 Å². The molecule has 1 heterocycles. The molecule has 1 N–H and O–H groups in total. The highest BCUT2D eigenvalue weighted by Crippen LogP contribution is 2.28. The summed E-state index contributed by atoms with van der Waals surface area (Å²) in [6.07, 6.45) is 4.14. The lowest BCUT2D eigenvalue weighted by Crippen LogP contribution is -2.23. The van der Waals surface area contributed by atoms with Crippen LogP contribution in [0, 0.1) is 11.8 Å². The van der Waals surface area contributed by atoms with E-state index in [1.165, 1.54) is 0 Å². The smallest absolute Gasteiger partial charge is 0.0934 e. The van der Waals surface area contributed by atoms with Crippen molar-refractivity contribution in [2.24, 2.45) is 11.8 Å². The van der Waals surface area contributed by atoms with Gasteiger partial charge in [-0.25, -0.2) is 0 Å². The van der Waals surface area contributed by atoms with Gasteiger partial charge in [-0.2, -0.15) is 0 Å². The van der Waals surface area contributed by atoms with E-state index in [-0.39, 0.29) is 0 Å². The van der Waals surface area contributed by atoms with Crippen molar-refractivity contribution >= 4 is 28.2 Å². The zero-order chi connectivity index (χ0) is 15.4. The van der Waals surface area contributed by atoms with E-state index in [4.69, 9.17) is 11.6 Å². The van der Waals surface area contributed by atoms with Gasteiger partial charge in [-0.15, -0.1) is 0 Å². The molecule has 0 aliphatic heterocycles. The molecule has 0 amide bonds. The number of aromatic nitrogens is 1. The zero-order valence-electron chi connectivity index (χ0n) is 13.4. The maximum atomic E-state index is 6.25. The standard InChI is InChI=1S/C18H25ClN2/c1-12(2)8-16(9-13(3)4)21-17-11-15(19)10-14-6-5-7-20-18(14)17/h5-7,10-13,16,21H,8-9H2,1-4H3. The molecule has 0 saturated heterocycles. The van der Waals surface area contributed by atoms with E-state index >= 15 is 0 Å². The van der Waals surface area contributed by atoms with Gasteiger partial charge >= 0.3 is 0 Å². The Hall–Kier alpha value is -1.28. The molecule has 1 aromatic carbocycles. The molecule has 0 aliphatic carbocycles. The first-order valence-corrected chi connectivity index (χ1v) is 8.14. The van der Waals surface area contributed by atoms with E-state index in [1.807, 2.05) is 24.4 Å². The number of rotatable bonds is 6. The molecule has 0 saturated carbocycles. The van der Waals surface area contributed by atoms with E-state index in [0.717, 1.165) is 34.5 Å². The third-order valence-electron chi connectivity index (χ3n) is 3.54. The third kappa shape index (κ3) is 4.60. The largest absolute Gasteiger partial charge is 0.380 e. The van der Waals surface area contributed by atoms with Crippen LogP contribution in [0.5, 0.6) is 0 Å². The molecular weight excluding hydrogens is 280 g/mol. The molecule has 0 aliphatic rings. The summed E-state index contributed by atoms with van der Waals surface area (Å²) >= 11 is 6.25. The lowest BCUT2D eigenvalue weighted by Gasteiger charge is -2.24. The first-order valence-electron chi connectivity index (χ1n) is 7.76. The average Bonchev–Trinajstić information content (AvgIpc) is 2.36. The summed E-state index contributed by atoms with van der Waals surface area (Å²) in [7, 11) is 0. The SMILES string of the molecule is CC(C)CC(CC(C)C)Nc1cc(Cl)cc2cccnc12. The van der Waals surface area contributed by atoms with Crippen molar-refractivity contribution in [3.63, 3.8) is 0 Å². The Morgan fingerprint density at radius 2 is 1.76 bits per heavy atom. The summed E-state index contributed by atoms with van der Waals surface area (Å²) in [5.41, 5.74) is 2.05. The number of anilines is 1. The van der Waals surface area contributed by atoms with Gasteiger partial charge in [0.25, 0.3) is 0 Å². The van der Waals surface area contributed by atoms with Gasteiger partial charge in [-0.1, -0.05) is 45.4 Å². The monoisotopic (exact) mass is 304 g/mol. The summed E-state index contributed by atoms with van der Waals surface area (Å²) < 4.78 is 0. The molecule has 0 bridgehead atoms. The van der Waals surface area contributed by atoms with E-state index in [0.29, 0.717) is 17.9 Å². The second-order valence-corrected chi connectivity index (χ2v) is 7.07. The Balaban J connectivity index is 2.31. The number of pyridine rings is 1. The lowest BCUT2D eigenvalue weighted by molar-refractivity contribution is 0.442. The summed E-state index contributed by atoms with van der Waals surface area (Å²) in [5.74, 6) is 1.33. The molecule has 0 spiro atoms. The number of hydrogen-bond donors (Lipinski definition) is 1. The number of nitrogens with one attached hydrogen (secondary N) is 1. The van der Waals surface area contributed by atoms with Gasteiger partial charge in [0.1, 0.15) is 0 Å². The highest BCUT2D eigenvalue weighted by molar-refractivity contribution is 6.31. The Morgan fingerprint density at radius 1 is 1.10 bits per heavy atom. The maximum Gasteiger partial charge on any atom is 0.0934 e. The minimum Gasteiger partial charge on any atom is -0.380 e. The van der Waals surface area contributed by atoms with E-state index < -0.39 is 0 Å². The maximum absolute atomic E-state index is 6.25. The summed E-state index contributed by atoms with van der Waals surface area (Å²) in [4.78, 5) is 4.51. The van der Waals surface area contributed by atoms with Crippen LogP contribution in [-0.4, -0.2) is 11.0 Å². The normalized spacial score (nSPS) is 11.8. The van der Waals surface area contributed by atoms with Crippen LogP contribution >= 0.6 is 11.6 Å². The summed E-state index contributed by atoms with van der Waals surface area (Å²) in [6.45, 7) is 9.07. The van der Waals surface area contributed by atoms with Crippen molar-refractivity contribution in [3.05, 3.63) is 35.5 Å². The van der Waals surface area contributed by atoms with Gasteiger partial charge in [0.2, 0.25) is 0 Å². The number of nitrogens with zero attached hydrogens (tertiary/aromatic N) is 1. The van der Waals surface area contributed by atoms with E-state index in [9.17, 15) is 0 Å². The van der Waals surface area contributed by atoms with Crippen molar-refractivity contribution in [3.8, 4) is 0 Å². The van der Waals surface area contributed by atoms with Gasteiger partial charge in [0, 0.05) is 22.6 Å². The zero-order valence-corrected chi connectivity index (χ0v) is 14.1. The minimum absolute atomic E-state index is 0.452. The Labute approximate surface area is 132 Å². The Kier molecular flexibility index (Phi) is 5.46. The van der Waals surface area contributed by atoms with Crippen molar-refractivity contribution in [2.75, 3.05) is 5.32 Å². The minimum atomic E-state index is 0.452. The highest BCUT2D eigenvalue weighted by Gasteiger charge is 2.15. The first-order chi connectivity index (χ1) is 9.95. The molecule has 2 nitrogen and oxygen atoms in total. The highest BCUT2D eigenvalue weighted by atomic mass is 35.5. The fourth-order valence-electron chi connectivity index (χ4n) is 2.84. The van der Waals surface area contributed by atoms with Crippen molar-refractivity contribution in [1.82, 2.24) is 4.98 Å². The van der Waals surface area contributed by atoms with Gasteiger partial charge in [-0.05, 0) is 42.9 Å². The predicted molar refractivity (Wildman–Crippen MR) is 93.1 cm³/mol. The van der Waals surface area contributed by atoms with Crippen LogP contribution in [0.15, 0.2) is 30.5 Å². The van der Waals surface area contributed by atoms with Crippen LogP contribution in [0.1, 0.15) is 40.5 Å². The van der Waals surface area contributed by atoms with Crippen LogP contribution in [0.3, 0.4) is 0 Å². The quantitative estimate of drug-likeness (QED) is 0.733. The molecule has 0 unspecified atom stereocenters. The van der Waals surface area contributed by atoms with Crippen molar-refractivity contribution in [1.29, 1.82) is 0 Å². The van der Waals surface area contributed by atoms with Gasteiger partial charge in [-0.3, -0.25) is 4.98 Å². The molecule has 3 heteroatoms. The van der Waals surface area contributed by atoms with Gasteiger partial charge < -0.3 is 5.32 Å². The molecule has 1 aromatic heterocycles. The number of fused-ring (bicyclic) bond motifs is 1. The lowest BCUT2D eigenvalue weighted by atomic mass is 9.95. The molecular formula is C18H25ClN2. The average molecular weight is 305 g/mol. The summed E-state index contributed by atoms with van der Waals surface area (Å²) in [6, 6.07) is 8.41. The van der Waals surface area contributed by atoms with Gasteiger partial charge in [0.15, 0.2) is 0 Å². The summed E-state index contributed by atoms with van der Waals surface area (Å²) in [5, 5.41) is 5.52.